The van der Waals surface area contributed by atoms with Crippen LogP contribution in [0.15, 0.2) is 12.1 Å². The highest BCUT2D eigenvalue weighted by atomic mass is 16.5. The molecule has 1 saturated carbocycles. The van der Waals surface area contributed by atoms with E-state index >= 15 is 0 Å². The van der Waals surface area contributed by atoms with Crippen LogP contribution in [0.3, 0.4) is 0 Å². The molecule has 0 unspecified atom stereocenters. The zero-order valence-electron chi connectivity index (χ0n) is 11.4. The van der Waals surface area contributed by atoms with Gasteiger partial charge in [-0.05, 0) is 18.9 Å². The lowest BCUT2D eigenvalue weighted by Crippen LogP contribution is -2.42. The lowest BCUT2D eigenvalue weighted by Gasteiger charge is -2.39. The second-order valence-corrected chi connectivity index (χ2v) is 4.62. The fourth-order valence-corrected chi connectivity index (χ4v) is 2.61. The first-order valence-corrected chi connectivity index (χ1v) is 6.13. The quantitative estimate of drug-likeness (QED) is 0.885. The maximum absolute atomic E-state index is 11.6. The molecule has 1 aromatic carbocycles. The molecule has 0 aliphatic heterocycles. The highest BCUT2D eigenvalue weighted by Gasteiger charge is 2.48. The molecule has 1 aromatic rings. The van der Waals surface area contributed by atoms with Crippen LogP contribution in [-0.2, 0) is 10.2 Å². The van der Waals surface area contributed by atoms with Gasteiger partial charge in [-0.15, -0.1) is 0 Å². The second kappa shape index (κ2) is 4.99. The Morgan fingerprint density at radius 2 is 1.74 bits per heavy atom. The molecule has 0 heterocycles. The van der Waals surface area contributed by atoms with E-state index in [9.17, 15) is 9.90 Å². The van der Waals surface area contributed by atoms with Crippen LogP contribution in [-0.4, -0.2) is 32.4 Å². The Morgan fingerprint density at radius 3 is 2.11 bits per heavy atom. The monoisotopic (exact) mass is 266 g/mol. The number of ether oxygens (including phenoxy) is 3. The van der Waals surface area contributed by atoms with Crippen molar-refractivity contribution >= 4 is 5.97 Å². The molecule has 0 radical (unpaired) electrons. The lowest BCUT2D eigenvalue weighted by molar-refractivity contribution is -0.147. The van der Waals surface area contributed by atoms with Crippen molar-refractivity contribution in [3.8, 4) is 17.2 Å². The number of carboxylic acid groups (broad SMARTS) is 1. The number of methoxy groups -OCH3 is 3. The van der Waals surface area contributed by atoms with Gasteiger partial charge in [0.1, 0.15) is 0 Å². The number of hydrogen-bond donors (Lipinski definition) is 1. The van der Waals surface area contributed by atoms with E-state index < -0.39 is 11.4 Å². The number of benzene rings is 1. The fourth-order valence-electron chi connectivity index (χ4n) is 2.61. The van der Waals surface area contributed by atoms with E-state index in [1.807, 2.05) is 0 Å². The van der Waals surface area contributed by atoms with Gasteiger partial charge >= 0.3 is 5.97 Å². The fraction of sp³-hybridized carbons (Fsp3) is 0.500. The summed E-state index contributed by atoms with van der Waals surface area (Å²) in [6, 6.07) is 3.48. The summed E-state index contributed by atoms with van der Waals surface area (Å²) >= 11 is 0. The molecule has 2 rings (SSSR count). The smallest absolute Gasteiger partial charge is 0.314 e. The van der Waals surface area contributed by atoms with Gasteiger partial charge < -0.3 is 19.3 Å². The highest BCUT2D eigenvalue weighted by molar-refractivity contribution is 5.84. The molecule has 1 aliphatic rings. The molecule has 1 aliphatic carbocycles. The molecule has 5 heteroatoms. The summed E-state index contributed by atoms with van der Waals surface area (Å²) in [5, 5.41) is 9.52. The highest BCUT2D eigenvalue weighted by Crippen LogP contribution is 2.51. The summed E-state index contributed by atoms with van der Waals surface area (Å²) in [5.41, 5.74) is -0.198. The van der Waals surface area contributed by atoms with Gasteiger partial charge in [0.15, 0.2) is 11.5 Å². The molecular weight excluding hydrogens is 248 g/mol. The molecule has 0 saturated heterocycles. The number of carboxylic acids is 1. The predicted molar refractivity (Wildman–Crippen MR) is 69.3 cm³/mol. The van der Waals surface area contributed by atoms with E-state index in [0.29, 0.717) is 35.7 Å². The molecule has 19 heavy (non-hydrogen) atoms. The minimum atomic E-state index is -0.856. The molecule has 1 fully saturated rings. The van der Waals surface area contributed by atoms with E-state index in [2.05, 4.69) is 0 Å². The SMILES string of the molecule is COc1ccc(C2(C(=O)O)CCC2)c(OC)c1OC. The van der Waals surface area contributed by atoms with Gasteiger partial charge in [-0.3, -0.25) is 4.79 Å². The minimum absolute atomic E-state index is 0.440. The topological polar surface area (TPSA) is 65.0 Å². The van der Waals surface area contributed by atoms with Gasteiger partial charge in [0, 0.05) is 5.56 Å². The normalized spacial score (nSPS) is 16.4. The van der Waals surface area contributed by atoms with E-state index in [4.69, 9.17) is 14.2 Å². The second-order valence-electron chi connectivity index (χ2n) is 4.62. The number of carbonyl (C=O) groups is 1. The van der Waals surface area contributed by atoms with Crippen LogP contribution in [0, 0.1) is 0 Å². The maximum Gasteiger partial charge on any atom is 0.314 e. The van der Waals surface area contributed by atoms with Crippen molar-refractivity contribution in [1.29, 1.82) is 0 Å². The summed E-state index contributed by atoms with van der Waals surface area (Å²) in [6.45, 7) is 0. The Balaban J connectivity index is 2.61. The van der Waals surface area contributed by atoms with Crippen LogP contribution in [0.25, 0.3) is 0 Å². The van der Waals surface area contributed by atoms with Gasteiger partial charge in [0.25, 0.3) is 0 Å². The first-order valence-electron chi connectivity index (χ1n) is 6.13. The van der Waals surface area contributed by atoms with Gasteiger partial charge in [-0.2, -0.15) is 0 Å². The van der Waals surface area contributed by atoms with Gasteiger partial charge in [0.05, 0.1) is 26.7 Å². The third kappa shape index (κ3) is 1.89. The Kier molecular flexibility index (Phi) is 3.55. The molecular formula is C14H18O5. The number of aliphatic carboxylic acids is 1. The first kappa shape index (κ1) is 13.5. The molecule has 1 N–H and O–H groups in total. The minimum Gasteiger partial charge on any atom is -0.493 e. The largest absolute Gasteiger partial charge is 0.493 e. The van der Waals surface area contributed by atoms with Crippen molar-refractivity contribution in [2.45, 2.75) is 24.7 Å². The van der Waals surface area contributed by atoms with Crippen molar-refractivity contribution in [2.75, 3.05) is 21.3 Å². The van der Waals surface area contributed by atoms with Crippen molar-refractivity contribution in [1.82, 2.24) is 0 Å². The van der Waals surface area contributed by atoms with Crippen LogP contribution in [0.5, 0.6) is 17.2 Å². The summed E-state index contributed by atoms with van der Waals surface area (Å²) in [5.74, 6) is 0.603. The Bertz CT molecular complexity index is 491. The Morgan fingerprint density at radius 1 is 1.11 bits per heavy atom. The Labute approximate surface area is 112 Å². The molecule has 0 amide bonds. The average molecular weight is 266 g/mol. The summed E-state index contributed by atoms with van der Waals surface area (Å²) < 4.78 is 15.9. The van der Waals surface area contributed by atoms with Crippen molar-refractivity contribution in [3.63, 3.8) is 0 Å². The average Bonchev–Trinajstić information content (AvgIpc) is 2.35. The predicted octanol–water partition coefficient (Wildman–Crippen LogP) is 2.22. The van der Waals surface area contributed by atoms with E-state index in [-0.39, 0.29) is 0 Å². The molecule has 5 nitrogen and oxygen atoms in total. The molecule has 0 atom stereocenters. The number of hydrogen-bond acceptors (Lipinski definition) is 4. The van der Waals surface area contributed by atoms with E-state index in [0.717, 1.165) is 6.42 Å². The van der Waals surface area contributed by atoms with E-state index in [1.54, 1.807) is 12.1 Å². The van der Waals surface area contributed by atoms with Crippen LogP contribution in [0.4, 0.5) is 0 Å². The third-order valence-corrected chi connectivity index (χ3v) is 3.84. The lowest BCUT2D eigenvalue weighted by atomic mass is 9.64. The van der Waals surface area contributed by atoms with Gasteiger partial charge in [-0.25, -0.2) is 0 Å². The van der Waals surface area contributed by atoms with Crippen molar-refractivity contribution < 1.29 is 24.1 Å². The Hall–Kier alpha value is -1.91. The standard InChI is InChI=1S/C14H18O5/c1-17-10-6-5-9(11(18-2)12(10)19-3)14(13(15)16)7-4-8-14/h5-6H,4,7-8H2,1-3H3,(H,15,16). The maximum atomic E-state index is 11.6. The summed E-state index contributed by atoms with van der Waals surface area (Å²) in [7, 11) is 4.56. The van der Waals surface area contributed by atoms with Gasteiger partial charge in [0.2, 0.25) is 5.75 Å². The zero-order chi connectivity index (χ0) is 14.0. The van der Waals surface area contributed by atoms with Gasteiger partial charge in [-0.1, -0.05) is 12.5 Å². The molecule has 104 valence electrons. The first-order chi connectivity index (χ1) is 9.10. The summed E-state index contributed by atoms with van der Waals surface area (Å²) in [6.07, 6.45) is 2.14. The van der Waals surface area contributed by atoms with Crippen molar-refractivity contribution in [2.24, 2.45) is 0 Å². The zero-order valence-corrected chi connectivity index (χ0v) is 11.4. The van der Waals surface area contributed by atoms with Crippen LogP contribution in [0.2, 0.25) is 0 Å². The van der Waals surface area contributed by atoms with E-state index in [1.165, 1.54) is 21.3 Å². The molecule has 0 aromatic heterocycles. The third-order valence-electron chi connectivity index (χ3n) is 3.84. The summed E-state index contributed by atoms with van der Waals surface area (Å²) in [4.78, 5) is 11.6. The molecule has 0 spiro atoms. The van der Waals surface area contributed by atoms with Crippen molar-refractivity contribution in [3.05, 3.63) is 17.7 Å². The van der Waals surface area contributed by atoms with Crippen LogP contribution < -0.4 is 14.2 Å². The number of rotatable bonds is 5. The van der Waals surface area contributed by atoms with Crippen LogP contribution in [0.1, 0.15) is 24.8 Å². The molecule has 0 bridgehead atoms. The van der Waals surface area contributed by atoms with Crippen LogP contribution >= 0.6 is 0 Å².